The van der Waals surface area contributed by atoms with Gasteiger partial charge in [0.15, 0.2) is 0 Å². The van der Waals surface area contributed by atoms with Crippen LogP contribution in [0.1, 0.15) is 27.7 Å². The van der Waals surface area contributed by atoms with E-state index in [1.54, 1.807) is 6.92 Å². The van der Waals surface area contributed by atoms with E-state index < -0.39 is 6.10 Å². The van der Waals surface area contributed by atoms with Crippen LogP contribution in [0, 0.1) is 5.92 Å². The lowest BCUT2D eigenvalue weighted by molar-refractivity contribution is -0.123. The summed E-state index contributed by atoms with van der Waals surface area (Å²) < 4.78 is 5.08. The van der Waals surface area contributed by atoms with Gasteiger partial charge in [0.05, 0.1) is 18.8 Å². The fourth-order valence-electron chi connectivity index (χ4n) is 1.18. The zero-order valence-electron chi connectivity index (χ0n) is 11.3. The summed E-state index contributed by atoms with van der Waals surface area (Å²) >= 11 is 0. The number of aliphatic hydroxyl groups is 1. The molecule has 5 heteroatoms. The number of nitrogens with one attached hydrogen (secondary N) is 2. The molecule has 102 valence electrons. The summed E-state index contributed by atoms with van der Waals surface area (Å²) in [7, 11) is 0. The highest BCUT2D eigenvalue weighted by Crippen LogP contribution is 1.90. The van der Waals surface area contributed by atoms with E-state index in [0.29, 0.717) is 32.2 Å². The number of rotatable bonds is 9. The van der Waals surface area contributed by atoms with Crippen molar-refractivity contribution >= 4 is 5.91 Å². The van der Waals surface area contributed by atoms with Gasteiger partial charge in [-0.3, -0.25) is 4.79 Å². The van der Waals surface area contributed by atoms with Crippen LogP contribution < -0.4 is 10.6 Å². The van der Waals surface area contributed by atoms with Crippen LogP contribution in [0.5, 0.6) is 0 Å². The minimum atomic E-state index is -0.574. The third kappa shape index (κ3) is 9.09. The Labute approximate surface area is 104 Å². The Hall–Kier alpha value is -0.650. The maximum absolute atomic E-state index is 11.6. The maximum atomic E-state index is 11.6. The van der Waals surface area contributed by atoms with Crippen molar-refractivity contribution in [3.8, 4) is 0 Å². The van der Waals surface area contributed by atoms with E-state index in [0.717, 1.165) is 0 Å². The lowest BCUT2D eigenvalue weighted by Gasteiger charge is -2.17. The zero-order valence-corrected chi connectivity index (χ0v) is 11.3. The number of amides is 1. The highest BCUT2D eigenvalue weighted by Gasteiger charge is 2.13. The van der Waals surface area contributed by atoms with Crippen LogP contribution in [0.25, 0.3) is 0 Å². The first-order chi connectivity index (χ1) is 7.97. The normalized spacial score (nSPS) is 14.7. The average molecular weight is 246 g/mol. The Morgan fingerprint density at radius 1 is 1.29 bits per heavy atom. The van der Waals surface area contributed by atoms with Crippen LogP contribution >= 0.6 is 0 Å². The van der Waals surface area contributed by atoms with Gasteiger partial charge in [0.1, 0.15) is 0 Å². The number of carbonyl (C=O) groups excluding carboxylic acids is 1. The number of hydrogen-bond acceptors (Lipinski definition) is 4. The van der Waals surface area contributed by atoms with Crippen LogP contribution in [0.3, 0.4) is 0 Å². The zero-order chi connectivity index (χ0) is 13.3. The molecule has 0 saturated heterocycles. The fourth-order valence-corrected chi connectivity index (χ4v) is 1.18. The number of hydrogen-bond donors (Lipinski definition) is 3. The first-order valence-corrected chi connectivity index (χ1v) is 6.24. The summed E-state index contributed by atoms with van der Waals surface area (Å²) in [4.78, 5) is 11.6. The van der Waals surface area contributed by atoms with Crippen LogP contribution in [0.15, 0.2) is 0 Å². The van der Waals surface area contributed by atoms with E-state index in [1.165, 1.54) is 0 Å². The Bertz CT molecular complexity index is 210. The molecule has 0 rings (SSSR count). The molecule has 3 N–H and O–H groups in total. The number of aliphatic hydroxyl groups excluding tert-OH is 1. The van der Waals surface area contributed by atoms with Crippen molar-refractivity contribution in [3.63, 3.8) is 0 Å². The Balaban J connectivity index is 3.69. The molecule has 0 aliphatic carbocycles. The topological polar surface area (TPSA) is 70.6 Å². The highest BCUT2D eigenvalue weighted by atomic mass is 16.5. The molecule has 0 saturated carbocycles. The van der Waals surface area contributed by atoms with Crippen molar-refractivity contribution in [1.82, 2.24) is 10.6 Å². The predicted molar refractivity (Wildman–Crippen MR) is 67.8 cm³/mol. The van der Waals surface area contributed by atoms with E-state index in [1.807, 2.05) is 20.8 Å². The van der Waals surface area contributed by atoms with E-state index in [-0.39, 0.29) is 11.9 Å². The van der Waals surface area contributed by atoms with Gasteiger partial charge in [-0.1, -0.05) is 13.8 Å². The van der Waals surface area contributed by atoms with E-state index in [4.69, 9.17) is 4.74 Å². The van der Waals surface area contributed by atoms with Gasteiger partial charge in [0.2, 0.25) is 5.91 Å². The van der Waals surface area contributed by atoms with Crippen molar-refractivity contribution in [3.05, 3.63) is 0 Å². The second-order valence-electron chi connectivity index (χ2n) is 4.58. The largest absolute Gasteiger partial charge is 0.389 e. The summed E-state index contributed by atoms with van der Waals surface area (Å²) in [6, 6.07) is -0.301. The van der Waals surface area contributed by atoms with Gasteiger partial charge in [-0.25, -0.2) is 0 Å². The summed E-state index contributed by atoms with van der Waals surface area (Å²) in [5.41, 5.74) is 0. The number of ether oxygens (including phenoxy) is 1. The molecule has 5 nitrogen and oxygen atoms in total. The molecule has 2 atom stereocenters. The third-order valence-electron chi connectivity index (χ3n) is 2.25. The van der Waals surface area contributed by atoms with Crippen molar-refractivity contribution in [2.24, 2.45) is 5.92 Å². The molecule has 0 aromatic rings. The molecule has 17 heavy (non-hydrogen) atoms. The first-order valence-electron chi connectivity index (χ1n) is 6.24. The van der Waals surface area contributed by atoms with Crippen LogP contribution in [-0.2, 0) is 9.53 Å². The van der Waals surface area contributed by atoms with E-state index >= 15 is 0 Å². The highest BCUT2D eigenvalue weighted by molar-refractivity contribution is 5.81. The predicted octanol–water partition coefficient (Wildman–Crippen LogP) is 0.134. The molecular formula is C12H26N2O3. The Morgan fingerprint density at radius 3 is 2.47 bits per heavy atom. The second kappa shape index (κ2) is 9.39. The molecule has 0 aliphatic rings. The fraction of sp³-hybridized carbons (Fsp3) is 0.917. The minimum Gasteiger partial charge on any atom is -0.389 e. The molecule has 0 spiro atoms. The number of carbonyl (C=O) groups is 1. The lowest BCUT2D eigenvalue weighted by Crippen LogP contribution is -2.46. The monoisotopic (exact) mass is 246 g/mol. The van der Waals surface area contributed by atoms with Crippen LogP contribution in [0.4, 0.5) is 0 Å². The van der Waals surface area contributed by atoms with Gasteiger partial charge < -0.3 is 20.5 Å². The van der Waals surface area contributed by atoms with Gasteiger partial charge in [0.25, 0.3) is 0 Å². The van der Waals surface area contributed by atoms with Gasteiger partial charge in [0, 0.05) is 19.7 Å². The van der Waals surface area contributed by atoms with Gasteiger partial charge in [-0.2, -0.15) is 0 Å². The second-order valence-corrected chi connectivity index (χ2v) is 4.58. The molecule has 2 unspecified atom stereocenters. The summed E-state index contributed by atoms with van der Waals surface area (Å²) in [5, 5.41) is 15.3. The average Bonchev–Trinajstić information content (AvgIpc) is 2.29. The molecule has 0 radical (unpaired) electrons. The molecule has 0 aliphatic heterocycles. The molecule has 0 heterocycles. The van der Waals surface area contributed by atoms with Crippen molar-refractivity contribution in [2.45, 2.75) is 39.8 Å². The lowest BCUT2D eigenvalue weighted by atomic mass is 10.2. The molecule has 0 fully saturated rings. The standard InChI is InChI=1S/C12H26N2O3/c1-5-17-8-11(15)7-13-10(4)12(16)14-6-9(2)3/h9-11,13,15H,5-8H2,1-4H3,(H,14,16). The van der Waals surface area contributed by atoms with Gasteiger partial charge in [-0.05, 0) is 19.8 Å². The summed E-state index contributed by atoms with van der Waals surface area (Å²) in [6.45, 7) is 9.66. The first kappa shape index (κ1) is 16.4. The molecule has 0 aromatic heterocycles. The molecule has 0 aromatic carbocycles. The minimum absolute atomic E-state index is 0.0395. The van der Waals surface area contributed by atoms with Crippen LogP contribution in [0.2, 0.25) is 0 Å². The third-order valence-corrected chi connectivity index (χ3v) is 2.25. The molecular weight excluding hydrogens is 220 g/mol. The van der Waals surface area contributed by atoms with Crippen molar-refractivity contribution < 1.29 is 14.6 Å². The van der Waals surface area contributed by atoms with Crippen LogP contribution in [-0.4, -0.2) is 49.5 Å². The van der Waals surface area contributed by atoms with Crippen molar-refractivity contribution in [2.75, 3.05) is 26.3 Å². The van der Waals surface area contributed by atoms with Gasteiger partial charge in [-0.15, -0.1) is 0 Å². The summed E-state index contributed by atoms with van der Waals surface area (Å²) in [5.74, 6) is 0.400. The Morgan fingerprint density at radius 2 is 1.94 bits per heavy atom. The quantitative estimate of drug-likeness (QED) is 0.541. The maximum Gasteiger partial charge on any atom is 0.236 e. The smallest absolute Gasteiger partial charge is 0.236 e. The van der Waals surface area contributed by atoms with E-state index in [9.17, 15) is 9.90 Å². The molecule has 1 amide bonds. The van der Waals surface area contributed by atoms with E-state index in [2.05, 4.69) is 10.6 Å². The Kier molecular flexibility index (Phi) is 9.03. The SMILES string of the molecule is CCOCC(O)CNC(C)C(=O)NCC(C)C. The molecule has 0 bridgehead atoms. The van der Waals surface area contributed by atoms with Gasteiger partial charge >= 0.3 is 0 Å². The van der Waals surface area contributed by atoms with Crippen molar-refractivity contribution in [1.29, 1.82) is 0 Å². The summed E-state index contributed by atoms with van der Waals surface area (Å²) in [6.07, 6.45) is -0.574.